The molecule has 0 fully saturated rings. The molecule has 0 bridgehead atoms. The molecule has 0 spiro atoms. The normalized spacial score (nSPS) is 11.6. The smallest absolute Gasteiger partial charge is 0.467 e. The van der Waals surface area contributed by atoms with E-state index in [9.17, 15) is 19.2 Å². The number of Topliss-reactive ketones (excluding diaryl/α,β-unsaturated/α-hetero) is 2. The van der Waals surface area contributed by atoms with E-state index in [1.165, 1.54) is 50.5 Å². The van der Waals surface area contributed by atoms with Crippen molar-refractivity contribution >= 4 is 106 Å². The van der Waals surface area contributed by atoms with Crippen LogP contribution in [0.15, 0.2) is 100 Å². The van der Waals surface area contributed by atoms with Gasteiger partial charge in [0, 0.05) is 56.4 Å². The number of carbonyl (C=O) groups excluding carboxylic acids is 4. The minimum Gasteiger partial charge on any atom is -0.467 e. The Hall–Kier alpha value is -4.85. The number of carbonyl (C=O) groups is 4. The van der Waals surface area contributed by atoms with Gasteiger partial charge in [-0.15, -0.1) is 0 Å². The molecule has 3 N–H and O–H groups in total. The second kappa shape index (κ2) is 28.4. The van der Waals surface area contributed by atoms with E-state index in [4.69, 9.17) is 30.7 Å². The van der Waals surface area contributed by atoms with Crippen molar-refractivity contribution in [2.75, 3.05) is 12.4 Å². The predicted molar refractivity (Wildman–Crippen MR) is 269 cm³/mol. The van der Waals surface area contributed by atoms with Gasteiger partial charge in [-0.05, 0) is 121 Å². The van der Waals surface area contributed by atoms with Gasteiger partial charge in [0.25, 0.3) is 0 Å². The number of benzene rings is 3. The molecule has 356 valence electrons. The highest BCUT2D eigenvalue weighted by Crippen LogP contribution is 2.30. The zero-order chi connectivity index (χ0) is 51.1. The fraction of sp³-hybridized carbons (Fsp3) is 0.333. The lowest BCUT2D eigenvalue weighted by Gasteiger charge is -2.19. The van der Waals surface area contributed by atoms with Gasteiger partial charge in [0.1, 0.15) is 23.1 Å². The molecule has 5 aromatic rings. The molecule has 0 unspecified atom stereocenters. The zero-order valence-corrected chi connectivity index (χ0v) is 43.5. The lowest BCUT2D eigenvalue weighted by molar-refractivity contribution is -0.155. The van der Waals surface area contributed by atoms with Crippen molar-refractivity contribution in [2.24, 2.45) is 0 Å². The number of alkyl halides is 1. The number of aromatic nitrogens is 3. The Morgan fingerprint density at radius 3 is 1.92 bits per heavy atom. The number of allylic oxidation sites excluding steroid dienone is 3. The number of ketones is 2. The molecular formula is C48H58BBr3FN3O10. The van der Waals surface area contributed by atoms with Crippen LogP contribution in [0, 0.1) is 0 Å². The summed E-state index contributed by atoms with van der Waals surface area (Å²) >= 11 is 9.80. The number of rotatable bonds is 7. The molecule has 2 heterocycles. The minimum absolute atomic E-state index is 0.0268. The quantitative estimate of drug-likeness (QED) is 0.0607. The number of methoxy groups -OCH3 is 1. The average molecular weight is 1110 g/mol. The molecule has 13 nitrogen and oxygen atoms in total. The first-order valence-electron chi connectivity index (χ1n) is 20.9. The van der Waals surface area contributed by atoms with E-state index in [0.29, 0.717) is 5.56 Å². The van der Waals surface area contributed by atoms with E-state index in [2.05, 4.69) is 105 Å². The molecule has 0 saturated heterocycles. The number of fused-ring (bicyclic) bond motifs is 3. The highest BCUT2D eigenvalue weighted by Gasteiger charge is 2.20. The van der Waals surface area contributed by atoms with Crippen LogP contribution in [0.3, 0.4) is 0 Å². The SMILES string of the molecule is C1=Cc2ccccc2C1.CC(=O)C1=CCc2ccc(Br)cc21.CC(=O)c1cn(CC(=O)OC(C)(C)C)c2ccc(Br)cc12.CC(C)(C)OC(=O)CBr.COc1ncc(B(O)O)cn1.OF.[2H]C. The summed E-state index contributed by atoms with van der Waals surface area (Å²) in [4.78, 5) is 52.9. The molecule has 2 aliphatic carbocycles. The Kier molecular flexibility index (Phi) is 24.6. The van der Waals surface area contributed by atoms with E-state index in [0.717, 1.165) is 43.8 Å². The summed E-state index contributed by atoms with van der Waals surface area (Å²) in [6.45, 7) is 14.2. The number of hydrogen-bond acceptors (Lipinski definition) is 12. The first-order valence-corrected chi connectivity index (χ1v) is 22.6. The molecule has 18 heteroatoms. The molecule has 7 rings (SSSR count). The molecule has 66 heavy (non-hydrogen) atoms. The highest BCUT2D eigenvalue weighted by molar-refractivity contribution is 9.10. The number of ether oxygens (including phenoxy) is 3. The monoisotopic (exact) mass is 1100 g/mol. The van der Waals surface area contributed by atoms with Crippen LogP contribution in [0.1, 0.15) is 96.8 Å². The van der Waals surface area contributed by atoms with E-state index < -0.39 is 12.7 Å². The topological polar surface area (TPSA) is 187 Å². The van der Waals surface area contributed by atoms with Crippen LogP contribution in [0.4, 0.5) is 4.53 Å². The largest absolute Gasteiger partial charge is 0.491 e. The molecule has 0 radical (unpaired) electrons. The summed E-state index contributed by atoms with van der Waals surface area (Å²) in [7, 11) is 1.16. The summed E-state index contributed by atoms with van der Waals surface area (Å²) < 4.78 is 32.8. The fourth-order valence-corrected chi connectivity index (χ4v) is 6.79. The average Bonchev–Trinajstić information content (AvgIpc) is 4.02. The Morgan fingerprint density at radius 2 is 1.41 bits per heavy atom. The first kappa shape index (κ1) is 57.3. The highest BCUT2D eigenvalue weighted by atomic mass is 79.9. The lowest BCUT2D eigenvalue weighted by atomic mass is 9.83. The van der Waals surface area contributed by atoms with Gasteiger partial charge in [-0.3, -0.25) is 19.2 Å². The third-order valence-electron chi connectivity index (χ3n) is 8.56. The van der Waals surface area contributed by atoms with Crippen LogP contribution in [-0.2, 0) is 43.2 Å². The predicted octanol–water partition coefficient (Wildman–Crippen LogP) is 9.57. The Bertz CT molecular complexity index is 2450. The second-order valence-electron chi connectivity index (χ2n) is 16.1. The van der Waals surface area contributed by atoms with E-state index in [1.54, 1.807) is 17.7 Å². The number of nitrogens with zero attached hydrogens (tertiary/aromatic N) is 3. The molecule has 0 atom stereocenters. The molecule has 2 aliphatic rings. The summed E-state index contributed by atoms with van der Waals surface area (Å²) in [5, 5.41) is 23.8. The van der Waals surface area contributed by atoms with Gasteiger partial charge in [-0.2, -0.15) is 0 Å². The van der Waals surface area contributed by atoms with Crippen molar-refractivity contribution in [2.45, 2.75) is 93.4 Å². The minimum atomic E-state index is -1.53. The van der Waals surface area contributed by atoms with Crippen molar-refractivity contribution in [1.82, 2.24) is 14.5 Å². The Balaban J connectivity index is 0.000000427. The maximum atomic E-state index is 12.0. The first-order chi connectivity index (χ1) is 31.5. The van der Waals surface area contributed by atoms with Crippen LogP contribution in [0.25, 0.3) is 22.6 Å². The molecule has 0 aliphatic heterocycles. The van der Waals surface area contributed by atoms with Gasteiger partial charge in [0.2, 0.25) is 0 Å². The van der Waals surface area contributed by atoms with Gasteiger partial charge in [-0.25, -0.2) is 15.3 Å². The fourth-order valence-electron chi connectivity index (χ4n) is 5.96. The van der Waals surface area contributed by atoms with E-state index >= 15 is 0 Å². The zero-order valence-electron chi connectivity index (χ0n) is 39.7. The van der Waals surface area contributed by atoms with Gasteiger partial charge < -0.3 is 28.8 Å². The Labute approximate surface area is 413 Å². The maximum Gasteiger partial charge on any atom is 0.491 e. The van der Waals surface area contributed by atoms with Crippen molar-refractivity contribution < 1.29 is 54.6 Å². The van der Waals surface area contributed by atoms with Crippen molar-refractivity contribution in [3.05, 3.63) is 128 Å². The molecular weight excluding hydrogens is 1050 g/mol. The van der Waals surface area contributed by atoms with E-state index in [1.807, 2.05) is 78.0 Å². The standard InChI is InChI=1S/C16H18BrNO3.C11H9BrO.C9H8.C6H11BrO2.C5H7BN2O3.CH4.FHO/c1-10(19)13-8-18(9-15(20)21-16(2,3)4)14-6-5-11(17)7-12(13)14;1-7(13)10-5-3-8-2-4-9(12)6-11(8)10;1-2-5-9-7-3-6-8(9)4-1;1-6(2,3)9-5(8)4-7;1-11-5-7-2-4(3-8-5)6(9)10;;1-2/h5-8H,9H2,1-4H3;2,4-6H,3H2,1H3;1-6H,7H2;4H2,1-3H3;2-3,9-10H,1H3;1H4;2H/i;;;;;1D;. The van der Waals surface area contributed by atoms with Crippen LogP contribution in [0.2, 0.25) is 0 Å². The van der Waals surface area contributed by atoms with Crippen LogP contribution < -0.4 is 10.2 Å². The molecule has 0 saturated carbocycles. The van der Waals surface area contributed by atoms with Gasteiger partial charge in [0.15, 0.2) is 11.6 Å². The maximum absolute atomic E-state index is 12.0. The van der Waals surface area contributed by atoms with Crippen LogP contribution in [-0.4, -0.2) is 84.2 Å². The van der Waals surface area contributed by atoms with Gasteiger partial charge >= 0.3 is 25.1 Å². The van der Waals surface area contributed by atoms with Gasteiger partial charge in [0.05, 0.1) is 7.11 Å². The van der Waals surface area contributed by atoms with Crippen molar-refractivity contribution in [3.63, 3.8) is 0 Å². The van der Waals surface area contributed by atoms with Crippen LogP contribution >= 0.6 is 47.8 Å². The summed E-state index contributed by atoms with van der Waals surface area (Å²) in [6.07, 6.45) is 12.7. The molecule has 3 aromatic carbocycles. The third-order valence-corrected chi connectivity index (χ3v) is 10.0. The second-order valence-corrected chi connectivity index (χ2v) is 18.4. The van der Waals surface area contributed by atoms with Gasteiger partial charge in [-0.1, -0.05) is 108 Å². The number of hydrogen-bond donors (Lipinski definition) is 3. The number of halogens is 4. The van der Waals surface area contributed by atoms with Crippen molar-refractivity contribution in [1.29, 1.82) is 0 Å². The summed E-state index contributed by atoms with van der Waals surface area (Å²) in [5.74, 6) is -0.419. The van der Waals surface area contributed by atoms with Crippen LogP contribution in [0.5, 0.6) is 6.01 Å². The Morgan fingerprint density at radius 1 is 0.833 bits per heavy atom. The summed E-state index contributed by atoms with van der Waals surface area (Å²) in [6, 6.07) is 20.4. The lowest BCUT2D eigenvalue weighted by Crippen LogP contribution is -2.30. The third kappa shape index (κ3) is 20.3. The number of esters is 2. The molecule has 0 amide bonds. The summed E-state index contributed by atoms with van der Waals surface area (Å²) in [5.41, 5.74) is 6.84. The molecule has 2 aromatic heterocycles. The van der Waals surface area contributed by atoms with Crippen molar-refractivity contribution in [3.8, 4) is 6.01 Å². The van der Waals surface area contributed by atoms with E-state index in [-0.39, 0.29) is 52.5 Å².